The van der Waals surface area contributed by atoms with Gasteiger partial charge in [-0.15, -0.1) is 11.3 Å². The maximum absolute atomic E-state index is 6.34. The molecule has 0 aliphatic rings. The van der Waals surface area contributed by atoms with E-state index in [1.807, 2.05) is 41.8 Å². The quantitative estimate of drug-likeness (QED) is 0.199. The molecule has 4 nitrogen and oxygen atoms in total. The summed E-state index contributed by atoms with van der Waals surface area (Å²) in [6, 6.07) is 47.1. The number of aromatic nitrogens is 1. The number of para-hydroxylation sites is 2. The molecule has 0 N–H and O–H groups in total. The van der Waals surface area contributed by atoms with Gasteiger partial charge < -0.3 is 13.7 Å². The van der Waals surface area contributed by atoms with Gasteiger partial charge in [-0.2, -0.15) is 0 Å². The number of anilines is 3. The van der Waals surface area contributed by atoms with Crippen LogP contribution in [-0.2, 0) is 0 Å². The fraction of sp³-hybridized carbons (Fsp3) is 0. The summed E-state index contributed by atoms with van der Waals surface area (Å²) in [6.07, 6.45) is 3.73. The minimum atomic E-state index is 0.792. The zero-order valence-electron chi connectivity index (χ0n) is 24.5. The Morgan fingerprint density at radius 3 is 1.96 bits per heavy atom. The zero-order valence-corrected chi connectivity index (χ0v) is 25.3. The molecular weight excluding hydrogens is 585 g/mol. The van der Waals surface area contributed by atoms with Crippen molar-refractivity contribution < 1.29 is 8.83 Å². The van der Waals surface area contributed by atoms with E-state index in [9.17, 15) is 0 Å². The van der Waals surface area contributed by atoms with E-state index in [0.717, 1.165) is 72.1 Å². The van der Waals surface area contributed by atoms with E-state index in [2.05, 4.69) is 119 Å². The summed E-state index contributed by atoms with van der Waals surface area (Å²) >= 11 is 1.83. The Labute approximate surface area is 267 Å². The number of benzene rings is 6. The Morgan fingerprint density at radius 1 is 0.457 bits per heavy atom. The van der Waals surface area contributed by atoms with E-state index >= 15 is 0 Å². The summed E-state index contributed by atoms with van der Waals surface area (Å²) in [4.78, 5) is 6.83. The van der Waals surface area contributed by atoms with E-state index in [-0.39, 0.29) is 0 Å². The zero-order chi connectivity index (χ0) is 30.2. The average molecular weight is 609 g/mol. The Kier molecular flexibility index (Phi) is 5.41. The van der Waals surface area contributed by atoms with Crippen LogP contribution in [0.5, 0.6) is 0 Å². The Balaban J connectivity index is 1.15. The van der Waals surface area contributed by atoms with E-state index in [4.69, 9.17) is 8.83 Å². The minimum Gasteiger partial charge on any atom is -0.456 e. The molecule has 10 aromatic rings. The number of fused-ring (bicyclic) bond motifs is 9. The highest BCUT2D eigenvalue weighted by Gasteiger charge is 2.18. The molecule has 4 heterocycles. The normalized spacial score (nSPS) is 11.9. The van der Waals surface area contributed by atoms with Crippen molar-refractivity contribution in [2.24, 2.45) is 0 Å². The van der Waals surface area contributed by atoms with Crippen LogP contribution in [0.4, 0.5) is 17.1 Å². The fourth-order valence-corrected chi connectivity index (χ4v) is 7.93. The topological polar surface area (TPSA) is 42.4 Å². The van der Waals surface area contributed by atoms with Crippen LogP contribution in [0, 0.1) is 0 Å². The van der Waals surface area contributed by atoms with Crippen molar-refractivity contribution in [2.75, 3.05) is 4.90 Å². The first-order valence-corrected chi connectivity index (χ1v) is 16.1. The molecule has 6 aromatic carbocycles. The minimum absolute atomic E-state index is 0.792. The Bertz CT molecular complexity index is 2770. The molecule has 0 aliphatic carbocycles. The molecule has 0 fully saturated rings. The second-order valence-electron chi connectivity index (χ2n) is 11.6. The second kappa shape index (κ2) is 9.80. The lowest BCUT2D eigenvalue weighted by molar-refractivity contribution is 0.667. The van der Waals surface area contributed by atoms with Gasteiger partial charge in [-0.1, -0.05) is 66.7 Å². The van der Waals surface area contributed by atoms with Crippen LogP contribution in [-0.4, -0.2) is 4.98 Å². The lowest BCUT2D eigenvalue weighted by Crippen LogP contribution is -2.09. The molecule has 0 bridgehead atoms. The van der Waals surface area contributed by atoms with Gasteiger partial charge in [-0.25, -0.2) is 0 Å². The molecule has 0 atom stereocenters. The standard InChI is InChI=1S/C41H24N2O2S/c1-4-10-35-29(7-1)30-19-17-28(22-37(30)44-35)43(27-18-20-40-33(21-27)31-8-3-6-12-39(31)46-40)26-15-13-25(14-16-26)34-23-42-24-38-41(34)32-9-2-5-11-36(32)45-38/h1-24H. The molecule has 0 radical (unpaired) electrons. The lowest BCUT2D eigenvalue weighted by atomic mass is 10.0. The highest BCUT2D eigenvalue weighted by Crippen LogP contribution is 2.43. The molecule has 0 unspecified atom stereocenters. The monoisotopic (exact) mass is 608 g/mol. The summed E-state index contributed by atoms with van der Waals surface area (Å²) in [5, 5.41) is 6.95. The maximum Gasteiger partial charge on any atom is 0.154 e. The number of rotatable bonds is 4. The first-order valence-electron chi connectivity index (χ1n) is 15.3. The van der Waals surface area contributed by atoms with E-state index < -0.39 is 0 Å². The number of thiophene rings is 1. The molecule has 0 amide bonds. The van der Waals surface area contributed by atoms with Crippen molar-refractivity contribution in [3.63, 3.8) is 0 Å². The van der Waals surface area contributed by atoms with Gasteiger partial charge in [0.2, 0.25) is 0 Å². The van der Waals surface area contributed by atoms with Crippen LogP contribution in [0.3, 0.4) is 0 Å². The lowest BCUT2D eigenvalue weighted by Gasteiger charge is -2.26. The largest absolute Gasteiger partial charge is 0.456 e. The molecule has 10 rings (SSSR count). The highest BCUT2D eigenvalue weighted by atomic mass is 32.1. The van der Waals surface area contributed by atoms with E-state index in [1.54, 1.807) is 6.20 Å². The summed E-state index contributed by atoms with van der Waals surface area (Å²) in [6.45, 7) is 0. The molecule has 5 heteroatoms. The molecule has 216 valence electrons. The average Bonchev–Trinajstić information content (AvgIpc) is 3.79. The van der Waals surface area contributed by atoms with Gasteiger partial charge in [-0.3, -0.25) is 4.98 Å². The third-order valence-electron chi connectivity index (χ3n) is 8.96. The van der Waals surface area contributed by atoms with Crippen LogP contribution in [0.1, 0.15) is 0 Å². The second-order valence-corrected chi connectivity index (χ2v) is 12.7. The molecule has 0 spiro atoms. The van der Waals surface area contributed by atoms with Crippen molar-refractivity contribution in [3.8, 4) is 11.1 Å². The van der Waals surface area contributed by atoms with E-state index in [1.165, 1.54) is 20.2 Å². The first-order chi connectivity index (χ1) is 22.8. The molecule has 0 saturated heterocycles. The van der Waals surface area contributed by atoms with Crippen LogP contribution in [0.2, 0.25) is 0 Å². The summed E-state index contributed by atoms with van der Waals surface area (Å²) in [5.74, 6) is 0. The third kappa shape index (κ3) is 3.82. The predicted octanol–water partition coefficient (Wildman–Crippen LogP) is 12.4. The van der Waals surface area contributed by atoms with Crippen LogP contribution >= 0.6 is 11.3 Å². The first kappa shape index (κ1) is 25.4. The Hall–Kier alpha value is -5.91. The Morgan fingerprint density at radius 2 is 1.09 bits per heavy atom. The maximum atomic E-state index is 6.34. The van der Waals surface area contributed by atoms with Gasteiger partial charge in [0.05, 0.1) is 6.20 Å². The molecule has 4 aromatic heterocycles. The van der Waals surface area contributed by atoms with Gasteiger partial charge in [0, 0.05) is 76.6 Å². The fourth-order valence-electron chi connectivity index (χ4n) is 6.84. The van der Waals surface area contributed by atoms with Crippen LogP contribution < -0.4 is 4.90 Å². The number of hydrogen-bond donors (Lipinski definition) is 0. The predicted molar refractivity (Wildman–Crippen MR) is 192 cm³/mol. The van der Waals surface area contributed by atoms with Crippen molar-refractivity contribution in [2.45, 2.75) is 0 Å². The SMILES string of the molecule is c1ccc2c(c1)oc1cc(N(c3ccc(-c4cncc5oc6ccccc6c45)cc3)c3ccc4sc5ccccc5c4c3)ccc12. The van der Waals surface area contributed by atoms with Crippen molar-refractivity contribution in [3.05, 3.63) is 146 Å². The van der Waals surface area contributed by atoms with Crippen molar-refractivity contribution in [1.82, 2.24) is 4.98 Å². The van der Waals surface area contributed by atoms with Gasteiger partial charge >= 0.3 is 0 Å². The van der Waals surface area contributed by atoms with Crippen molar-refractivity contribution >= 4 is 92.4 Å². The highest BCUT2D eigenvalue weighted by molar-refractivity contribution is 7.25. The summed E-state index contributed by atoms with van der Waals surface area (Å²) in [7, 11) is 0. The van der Waals surface area contributed by atoms with Crippen LogP contribution in [0.15, 0.2) is 155 Å². The molecule has 0 aliphatic heterocycles. The van der Waals surface area contributed by atoms with Gasteiger partial charge in [0.25, 0.3) is 0 Å². The number of nitrogens with zero attached hydrogens (tertiary/aromatic N) is 2. The smallest absolute Gasteiger partial charge is 0.154 e. The number of furan rings is 2. The molecule has 46 heavy (non-hydrogen) atoms. The number of pyridine rings is 1. The molecular formula is C41H24N2O2S. The van der Waals surface area contributed by atoms with Crippen molar-refractivity contribution in [1.29, 1.82) is 0 Å². The van der Waals surface area contributed by atoms with Gasteiger partial charge in [0.15, 0.2) is 5.58 Å². The number of hydrogen-bond acceptors (Lipinski definition) is 5. The summed E-state index contributed by atoms with van der Waals surface area (Å²) in [5.41, 5.74) is 8.72. The van der Waals surface area contributed by atoms with Gasteiger partial charge in [-0.05, 0) is 66.2 Å². The summed E-state index contributed by atoms with van der Waals surface area (Å²) < 4.78 is 15.0. The molecule has 0 saturated carbocycles. The van der Waals surface area contributed by atoms with Crippen LogP contribution in [0.25, 0.3) is 75.2 Å². The third-order valence-corrected chi connectivity index (χ3v) is 10.1. The van der Waals surface area contributed by atoms with E-state index in [0.29, 0.717) is 0 Å². The van der Waals surface area contributed by atoms with Gasteiger partial charge in [0.1, 0.15) is 16.7 Å².